The molecule has 20 heavy (non-hydrogen) atoms. The fourth-order valence-electron chi connectivity index (χ4n) is 1.39. The van der Waals surface area contributed by atoms with E-state index < -0.39 is 12.1 Å². The maximum absolute atomic E-state index is 11.4. The summed E-state index contributed by atoms with van der Waals surface area (Å²) in [6.45, 7) is 4.70. The summed E-state index contributed by atoms with van der Waals surface area (Å²) in [6.07, 6.45) is 0.595. The van der Waals surface area contributed by atoms with Crippen LogP contribution in [0.3, 0.4) is 0 Å². The highest BCUT2D eigenvalue weighted by Crippen LogP contribution is 2.21. The van der Waals surface area contributed by atoms with Gasteiger partial charge in [0.2, 0.25) is 5.91 Å². The van der Waals surface area contributed by atoms with E-state index >= 15 is 0 Å². The van der Waals surface area contributed by atoms with Crippen molar-refractivity contribution in [3.05, 3.63) is 36.4 Å². The van der Waals surface area contributed by atoms with Crippen LogP contribution in [0.25, 0.3) is 0 Å². The molecular formula is C13H14N2O5. The predicted molar refractivity (Wildman–Crippen MR) is 72.9 cm³/mol. The molecule has 7 nitrogen and oxygen atoms in total. The second-order valence-electron chi connectivity index (χ2n) is 3.76. The summed E-state index contributed by atoms with van der Waals surface area (Å²) in [5, 5.41) is 13.9. The summed E-state index contributed by atoms with van der Waals surface area (Å²) in [6, 6.07) is 4.08. The van der Waals surface area contributed by atoms with Gasteiger partial charge < -0.3 is 15.2 Å². The molecule has 7 heteroatoms. The quantitative estimate of drug-likeness (QED) is 0.715. The number of ether oxygens (including phenoxy) is 1. The number of carbonyl (C=O) groups is 3. The number of amides is 2. The van der Waals surface area contributed by atoms with Crippen molar-refractivity contribution in [2.75, 3.05) is 17.2 Å². The topological polar surface area (TPSA) is 105 Å². The highest BCUT2D eigenvalue weighted by molar-refractivity contribution is 6.00. The van der Waals surface area contributed by atoms with Gasteiger partial charge in [0.15, 0.2) is 0 Å². The molecule has 0 saturated carbocycles. The summed E-state index contributed by atoms with van der Waals surface area (Å²) in [5.74, 6) is -1.57. The van der Waals surface area contributed by atoms with Crippen molar-refractivity contribution in [2.45, 2.75) is 6.92 Å². The fraction of sp³-hybridized carbons (Fsp3) is 0.154. The largest absolute Gasteiger partial charge is 0.478 e. The smallest absolute Gasteiger partial charge is 0.411 e. The first kappa shape index (κ1) is 15.2. The molecule has 1 aromatic carbocycles. The fourth-order valence-corrected chi connectivity index (χ4v) is 1.39. The Morgan fingerprint density at radius 1 is 1.35 bits per heavy atom. The van der Waals surface area contributed by atoms with Gasteiger partial charge in [-0.1, -0.05) is 12.7 Å². The lowest BCUT2D eigenvalue weighted by molar-refractivity contribution is -0.114. The molecule has 106 valence electrons. The third-order valence-electron chi connectivity index (χ3n) is 2.14. The molecule has 0 aliphatic carbocycles. The van der Waals surface area contributed by atoms with Crippen LogP contribution in [0, 0.1) is 0 Å². The van der Waals surface area contributed by atoms with Gasteiger partial charge in [0.1, 0.15) is 6.61 Å². The predicted octanol–water partition coefficient (Wildman–Crippen LogP) is 2.08. The van der Waals surface area contributed by atoms with Crippen LogP contribution in [0.15, 0.2) is 30.9 Å². The van der Waals surface area contributed by atoms with Gasteiger partial charge in [-0.15, -0.1) is 0 Å². The Morgan fingerprint density at radius 2 is 2.05 bits per heavy atom. The average Bonchev–Trinajstić information content (AvgIpc) is 2.37. The summed E-state index contributed by atoms with van der Waals surface area (Å²) in [4.78, 5) is 33.4. The first-order valence-corrected chi connectivity index (χ1v) is 5.63. The van der Waals surface area contributed by atoms with E-state index in [1.165, 1.54) is 31.2 Å². The SMILES string of the molecule is C=CCOC(=O)Nc1ccc(NC(C)=O)cc1C(=O)O. The van der Waals surface area contributed by atoms with Crippen LogP contribution in [0.4, 0.5) is 16.2 Å². The lowest BCUT2D eigenvalue weighted by atomic mass is 10.1. The molecule has 0 heterocycles. The van der Waals surface area contributed by atoms with Gasteiger partial charge in [0.05, 0.1) is 11.3 Å². The molecule has 0 aliphatic rings. The number of hydrogen-bond donors (Lipinski definition) is 3. The molecule has 1 rings (SSSR count). The highest BCUT2D eigenvalue weighted by atomic mass is 16.5. The molecule has 0 spiro atoms. The Morgan fingerprint density at radius 3 is 2.60 bits per heavy atom. The van der Waals surface area contributed by atoms with Crippen LogP contribution in [0.2, 0.25) is 0 Å². The summed E-state index contributed by atoms with van der Waals surface area (Å²) in [5.41, 5.74) is 0.229. The minimum Gasteiger partial charge on any atom is -0.478 e. The van der Waals surface area contributed by atoms with E-state index in [1.807, 2.05) is 0 Å². The second kappa shape index (κ2) is 6.93. The maximum Gasteiger partial charge on any atom is 0.411 e. The number of benzene rings is 1. The van der Waals surface area contributed by atoms with Gasteiger partial charge in [-0.2, -0.15) is 0 Å². The van der Waals surface area contributed by atoms with Crippen LogP contribution in [0.1, 0.15) is 17.3 Å². The van der Waals surface area contributed by atoms with E-state index in [-0.39, 0.29) is 23.8 Å². The summed E-state index contributed by atoms with van der Waals surface area (Å²) < 4.78 is 4.69. The zero-order chi connectivity index (χ0) is 15.1. The van der Waals surface area contributed by atoms with Gasteiger partial charge >= 0.3 is 12.1 Å². The maximum atomic E-state index is 11.4. The number of carboxylic acids is 1. The standard InChI is InChI=1S/C13H14N2O5/c1-3-6-20-13(19)15-11-5-4-9(14-8(2)16)7-10(11)12(17)18/h3-5,7H,1,6H2,2H3,(H,14,16)(H,15,19)(H,17,18). The molecule has 1 aromatic rings. The average molecular weight is 278 g/mol. The van der Waals surface area contributed by atoms with Crippen molar-refractivity contribution in [2.24, 2.45) is 0 Å². The minimum atomic E-state index is -1.24. The first-order valence-electron chi connectivity index (χ1n) is 5.63. The van der Waals surface area contributed by atoms with E-state index in [9.17, 15) is 14.4 Å². The molecule has 0 fully saturated rings. The lowest BCUT2D eigenvalue weighted by Gasteiger charge is -2.10. The number of carboxylic acid groups (broad SMARTS) is 1. The van der Waals surface area contributed by atoms with Crippen LogP contribution < -0.4 is 10.6 Å². The second-order valence-corrected chi connectivity index (χ2v) is 3.76. The van der Waals surface area contributed by atoms with Crippen molar-refractivity contribution in [1.82, 2.24) is 0 Å². The lowest BCUT2D eigenvalue weighted by Crippen LogP contribution is -2.16. The van der Waals surface area contributed by atoms with Gasteiger partial charge in [-0.05, 0) is 18.2 Å². The van der Waals surface area contributed by atoms with Gasteiger partial charge in [-0.25, -0.2) is 9.59 Å². The number of anilines is 2. The third-order valence-corrected chi connectivity index (χ3v) is 2.14. The van der Waals surface area contributed by atoms with Crippen LogP contribution in [0.5, 0.6) is 0 Å². The molecule has 3 N–H and O–H groups in total. The van der Waals surface area contributed by atoms with E-state index in [4.69, 9.17) is 9.84 Å². The Bertz CT molecular complexity index is 554. The summed E-state index contributed by atoms with van der Waals surface area (Å²) >= 11 is 0. The zero-order valence-electron chi connectivity index (χ0n) is 10.8. The molecular weight excluding hydrogens is 264 g/mol. The minimum absolute atomic E-state index is 0.0121. The van der Waals surface area contributed by atoms with Crippen molar-refractivity contribution in [1.29, 1.82) is 0 Å². The van der Waals surface area contributed by atoms with Crippen molar-refractivity contribution >= 4 is 29.3 Å². The van der Waals surface area contributed by atoms with Gasteiger partial charge in [0, 0.05) is 12.6 Å². The molecule has 0 unspecified atom stereocenters. The number of aromatic carboxylic acids is 1. The Kier molecular flexibility index (Phi) is 5.28. The van der Waals surface area contributed by atoms with Crippen molar-refractivity contribution < 1.29 is 24.2 Å². The van der Waals surface area contributed by atoms with E-state index in [0.29, 0.717) is 5.69 Å². The molecule has 2 amide bonds. The Labute approximate surface area is 115 Å². The molecule has 0 atom stereocenters. The number of rotatable bonds is 5. The van der Waals surface area contributed by atoms with Crippen molar-refractivity contribution in [3.63, 3.8) is 0 Å². The molecule has 0 aromatic heterocycles. The third kappa shape index (κ3) is 4.45. The number of hydrogen-bond acceptors (Lipinski definition) is 4. The van der Waals surface area contributed by atoms with Crippen LogP contribution >= 0.6 is 0 Å². The zero-order valence-corrected chi connectivity index (χ0v) is 10.8. The van der Waals surface area contributed by atoms with Gasteiger partial charge in [-0.3, -0.25) is 10.1 Å². The number of nitrogens with one attached hydrogen (secondary N) is 2. The van der Waals surface area contributed by atoms with Crippen LogP contribution in [-0.2, 0) is 9.53 Å². The van der Waals surface area contributed by atoms with E-state index in [0.717, 1.165) is 0 Å². The monoisotopic (exact) mass is 278 g/mol. The molecule has 0 bridgehead atoms. The molecule has 0 aliphatic heterocycles. The normalized spacial score (nSPS) is 9.45. The van der Waals surface area contributed by atoms with Crippen molar-refractivity contribution in [3.8, 4) is 0 Å². The summed E-state index contributed by atoms with van der Waals surface area (Å²) in [7, 11) is 0. The highest BCUT2D eigenvalue weighted by Gasteiger charge is 2.14. The van der Waals surface area contributed by atoms with E-state index in [2.05, 4.69) is 17.2 Å². The first-order chi connectivity index (χ1) is 9.43. The van der Waals surface area contributed by atoms with Gasteiger partial charge in [0.25, 0.3) is 0 Å². The molecule has 0 saturated heterocycles. The Hall–Kier alpha value is -2.83. The number of carbonyl (C=O) groups excluding carboxylic acids is 2. The van der Waals surface area contributed by atoms with E-state index in [1.54, 1.807) is 0 Å². The molecule has 0 radical (unpaired) electrons. The Balaban J connectivity index is 2.95. The van der Waals surface area contributed by atoms with Crippen LogP contribution in [-0.4, -0.2) is 29.7 Å².